The molecule has 0 aromatic heterocycles. The quantitative estimate of drug-likeness (QED) is 0.836. The predicted octanol–water partition coefficient (Wildman–Crippen LogP) is 3.55. The number of rotatable bonds is 4. The van der Waals surface area contributed by atoms with Crippen LogP contribution >= 0.6 is 0 Å². The number of benzene rings is 2. The fourth-order valence-electron chi connectivity index (χ4n) is 1.68. The van der Waals surface area contributed by atoms with Gasteiger partial charge >= 0.3 is 0 Å². The van der Waals surface area contributed by atoms with Crippen LogP contribution in [-0.4, -0.2) is 0 Å². The van der Waals surface area contributed by atoms with E-state index in [4.69, 9.17) is 10.5 Å². The van der Waals surface area contributed by atoms with Gasteiger partial charge in [0.25, 0.3) is 0 Å². The van der Waals surface area contributed by atoms with Gasteiger partial charge in [0.1, 0.15) is 18.2 Å². The van der Waals surface area contributed by atoms with Gasteiger partial charge in [0.2, 0.25) is 0 Å². The summed E-state index contributed by atoms with van der Waals surface area (Å²) in [6.45, 7) is 2.43. The van der Waals surface area contributed by atoms with E-state index < -0.39 is 5.82 Å². The summed E-state index contributed by atoms with van der Waals surface area (Å²) < 4.78 is 18.9. The highest BCUT2D eigenvalue weighted by molar-refractivity contribution is 5.41. The van der Waals surface area contributed by atoms with Crippen LogP contribution in [0.5, 0.6) is 5.75 Å². The summed E-state index contributed by atoms with van der Waals surface area (Å²) in [6, 6.07) is 12.6. The average molecular weight is 245 g/mol. The smallest absolute Gasteiger partial charge is 0.146 e. The molecule has 2 N–H and O–H groups in total. The van der Waals surface area contributed by atoms with Crippen LogP contribution in [0, 0.1) is 5.82 Å². The van der Waals surface area contributed by atoms with Gasteiger partial charge in [-0.1, -0.05) is 25.1 Å². The minimum atomic E-state index is -0.404. The van der Waals surface area contributed by atoms with Gasteiger partial charge in [-0.25, -0.2) is 4.39 Å². The molecule has 18 heavy (non-hydrogen) atoms. The Morgan fingerprint density at radius 3 is 2.67 bits per heavy atom. The van der Waals surface area contributed by atoms with Crippen molar-refractivity contribution in [3.05, 3.63) is 59.4 Å². The van der Waals surface area contributed by atoms with E-state index in [2.05, 4.69) is 13.0 Å². The Morgan fingerprint density at radius 1 is 1.11 bits per heavy atom. The molecule has 0 atom stereocenters. The molecule has 94 valence electrons. The lowest BCUT2D eigenvalue weighted by atomic mass is 10.1. The first-order valence-electron chi connectivity index (χ1n) is 5.94. The van der Waals surface area contributed by atoms with Gasteiger partial charge < -0.3 is 10.5 Å². The minimum Gasteiger partial charge on any atom is -0.489 e. The van der Waals surface area contributed by atoms with E-state index in [0.29, 0.717) is 6.61 Å². The predicted molar refractivity (Wildman–Crippen MR) is 71.0 cm³/mol. The maximum Gasteiger partial charge on any atom is 0.146 e. The Balaban J connectivity index is 2.04. The van der Waals surface area contributed by atoms with Crippen molar-refractivity contribution >= 4 is 5.69 Å². The third-order valence-electron chi connectivity index (χ3n) is 2.78. The first-order chi connectivity index (χ1) is 8.69. The lowest BCUT2D eigenvalue weighted by Gasteiger charge is -2.08. The zero-order valence-corrected chi connectivity index (χ0v) is 10.3. The summed E-state index contributed by atoms with van der Waals surface area (Å²) in [7, 11) is 0. The number of anilines is 1. The third-order valence-corrected chi connectivity index (χ3v) is 2.78. The molecule has 0 unspecified atom stereocenters. The van der Waals surface area contributed by atoms with Gasteiger partial charge in [-0.05, 0) is 41.8 Å². The Labute approximate surface area is 106 Å². The van der Waals surface area contributed by atoms with Crippen LogP contribution in [0.15, 0.2) is 42.5 Å². The molecule has 0 amide bonds. The number of ether oxygens (including phenoxy) is 1. The van der Waals surface area contributed by atoms with Crippen molar-refractivity contribution in [3.63, 3.8) is 0 Å². The van der Waals surface area contributed by atoms with Gasteiger partial charge in [0.05, 0.1) is 5.69 Å². The van der Waals surface area contributed by atoms with Gasteiger partial charge in [0.15, 0.2) is 0 Å². The fourth-order valence-corrected chi connectivity index (χ4v) is 1.68. The van der Waals surface area contributed by atoms with Crippen LogP contribution in [-0.2, 0) is 13.0 Å². The van der Waals surface area contributed by atoms with Crippen molar-refractivity contribution < 1.29 is 9.13 Å². The van der Waals surface area contributed by atoms with Crippen LogP contribution in [0.2, 0.25) is 0 Å². The minimum absolute atomic E-state index is 0.159. The van der Waals surface area contributed by atoms with Gasteiger partial charge in [0, 0.05) is 0 Å². The summed E-state index contributed by atoms with van der Waals surface area (Å²) in [5.41, 5.74) is 7.56. The zero-order valence-electron chi connectivity index (χ0n) is 10.3. The van der Waals surface area contributed by atoms with Gasteiger partial charge in [-0.2, -0.15) is 0 Å². The Kier molecular flexibility index (Phi) is 3.82. The molecule has 0 fully saturated rings. The molecule has 3 heteroatoms. The second-order valence-electron chi connectivity index (χ2n) is 4.15. The second kappa shape index (κ2) is 5.54. The number of nitrogens with two attached hydrogens (primary N) is 1. The highest BCUT2D eigenvalue weighted by Crippen LogP contribution is 2.17. The van der Waals surface area contributed by atoms with Crippen molar-refractivity contribution in [2.75, 3.05) is 5.73 Å². The zero-order chi connectivity index (χ0) is 13.0. The fraction of sp³-hybridized carbons (Fsp3) is 0.200. The van der Waals surface area contributed by atoms with E-state index in [1.165, 1.54) is 11.6 Å². The molecule has 0 heterocycles. The van der Waals surface area contributed by atoms with Crippen molar-refractivity contribution in [1.29, 1.82) is 0 Å². The van der Waals surface area contributed by atoms with Crippen LogP contribution < -0.4 is 10.5 Å². The largest absolute Gasteiger partial charge is 0.489 e. The van der Waals surface area contributed by atoms with Crippen LogP contribution in [0.4, 0.5) is 10.1 Å². The molecule has 2 aromatic carbocycles. The summed E-state index contributed by atoms with van der Waals surface area (Å²) in [5.74, 6) is 0.394. The molecule has 0 aliphatic heterocycles. The molecule has 0 aliphatic rings. The number of hydrogen-bond acceptors (Lipinski definition) is 2. The molecular weight excluding hydrogens is 229 g/mol. The molecular formula is C15H16FNO. The van der Waals surface area contributed by atoms with Gasteiger partial charge in [-0.3, -0.25) is 0 Å². The van der Waals surface area contributed by atoms with Crippen molar-refractivity contribution in [1.82, 2.24) is 0 Å². The summed E-state index contributed by atoms with van der Waals surface area (Å²) in [6.07, 6.45) is 0.966. The SMILES string of the molecule is CCc1cccc(OCc2ccc(N)c(F)c2)c1. The Morgan fingerprint density at radius 2 is 1.94 bits per heavy atom. The van der Waals surface area contributed by atoms with Crippen LogP contribution in [0.3, 0.4) is 0 Å². The number of halogens is 1. The molecule has 0 saturated carbocycles. The highest BCUT2D eigenvalue weighted by Gasteiger charge is 2.01. The van der Waals surface area contributed by atoms with E-state index in [0.717, 1.165) is 17.7 Å². The van der Waals surface area contributed by atoms with Crippen LogP contribution in [0.25, 0.3) is 0 Å². The van der Waals surface area contributed by atoms with Crippen molar-refractivity contribution in [2.45, 2.75) is 20.0 Å². The topological polar surface area (TPSA) is 35.2 Å². The van der Waals surface area contributed by atoms with E-state index in [1.54, 1.807) is 12.1 Å². The van der Waals surface area contributed by atoms with Crippen molar-refractivity contribution in [2.24, 2.45) is 0 Å². The number of nitrogen functional groups attached to an aromatic ring is 1. The molecule has 0 spiro atoms. The van der Waals surface area contributed by atoms with Crippen molar-refractivity contribution in [3.8, 4) is 5.75 Å². The maximum atomic E-state index is 13.2. The number of aryl methyl sites for hydroxylation is 1. The molecule has 2 aromatic rings. The third kappa shape index (κ3) is 3.00. The molecule has 0 saturated heterocycles. The molecule has 2 nitrogen and oxygen atoms in total. The number of hydrogen-bond donors (Lipinski definition) is 1. The molecule has 0 bridgehead atoms. The standard InChI is InChI=1S/C15H16FNO/c1-2-11-4-3-5-13(8-11)18-10-12-6-7-15(17)14(16)9-12/h3-9H,2,10,17H2,1H3. The monoisotopic (exact) mass is 245 g/mol. The lowest BCUT2D eigenvalue weighted by molar-refractivity contribution is 0.305. The summed E-state index contributed by atoms with van der Waals surface area (Å²) in [4.78, 5) is 0. The Hall–Kier alpha value is -2.03. The van der Waals surface area contributed by atoms with Crippen LogP contribution in [0.1, 0.15) is 18.1 Å². The van der Waals surface area contributed by atoms with E-state index >= 15 is 0 Å². The molecule has 0 aliphatic carbocycles. The normalized spacial score (nSPS) is 10.3. The van der Waals surface area contributed by atoms with E-state index in [1.807, 2.05) is 18.2 Å². The maximum absolute atomic E-state index is 13.2. The Bertz CT molecular complexity index is 540. The molecule has 2 rings (SSSR count). The summed E-state index contributed by atoms with van der Waals surface area (Å²) >= 11 is 0. The highest BCUT2D eigenvalue weighted by atomic mass is 19.1. The van der Waals surface area contributed by atoms with Gasteiger partial charge in [-0.15, -0.1) is 0 Å². The average Bonchev–Trinajstić information content (AvgIpc) is 2.40. The lowest BCUT2D eigenvalue weighted by Crippen LogP contribution is -1.98. The van der Waals surface area contributed by atoms with E-state index in [9.17, 15) is 4.39 Å². The van der Waals surface area contributed by atoms with E-state index in [-0.39, 0.29) is 5.69 Å². The first-order valence-corrected chi connectivity index (χ1v) is 5.94. The summed E-state index contributed by atoms with van der Waals surface area (Å²) in [5, 5.41) is 0. The first kappa shape index (κ1) is 12.4. The second-order valence-corrected chi connectivity index (χ2v) is 4.15. The molecule has 0 radical (unpaired) electrons.